The van der Waals surface area contributed by atoms with Crippen LogP contribution in [0, 0.1) is 6.92 Å². The second-order valence-corrected chi connectivity index (χ2v) is 7.96. The number of quaternary nitrogens is 1. The molecule has 162 valence electrons. The van der Waals surface area contributed by atoms with E-state index >= 15 is 0 Å². The minimum Gasteiger partial charge on any atom is -0.872 e. The minimum absolute atomic E-state index is 0.00219. The lowest BCUT2D eigenvalue weighted by molar-refractivity contribution is -0.857. The molecular weight excluding hydrogens is 392 g/mol. The van der Waals surface area contributed by atoms with E-state index in [1.807, 2.05) is 45.3 Å². The number of nitrogens with zero attached hydrogens (tertiary/aromatic N) is 1. The summed E-state index contributed by atoms with van der Waals surface area (Å²) in [6.45, 7) is 6.98. The molecule has 2 aromatic rings. The highest BCUT2D eigenvalue weighted by Crippen LogP contribution is 2.38. The van der Waals surface area contributed by atoms with Gasteiger partial charge in [-0.2, -0.15) is 0 Å². The lowest BCUT2D eigenvalue weighted by atomic mass is 9.94. The Labute approximate surface area is 183 Å². The fraction of sp³-hybridized carbons (Fsp3) is 0.280. The van der Waals surface area contributed by atoms with Crippen LogP contribution in [0.2, 0.25) is 0 Å². The third-order valence-electron chi connectivity index (χ3n) is 5.26. The maximum atomic E-state index is 13.4. The van der Waals surface area contributed by atoms with Crippen molar-refractivity contribution in [1.29, 1.82) is 0 Å². The molecule has 1 atom stereocenters. The van der Waals surface area contributed by atoms with Crippen molar-refractivity contribution >= 4 is 17.4 Å². The zero-order valence-corrected chi connectivity index (χ0v) is 18.2. The molecule has 2 aromatic carbocycles. The Bertz CT molecular complexity index is 991. The highest BCUT2D eigenvalue weighted by Gasteiger charge is 2.44. The molecule has 0 aromatic heterocycles. The van der Waals surface area contributed by atoms with Crippen LogP contribution >= 0.6 is 0 Å². The number of likely N-dealkylation sites (tertiary alicyclic amines) is 1. The van der Waals surface area contributed by atoms with Crippen LogP contribution in [-0.2, 0) is 9.59 Å². The predicted octanol–water partition coefficient (Wildman–Crippen LogP) is 0.928. The Morgan fingerprint density at radius 3 is 2.35 bits per heavy atom. The molecule has 31 heavy (non-hydrogen) atoms. The number of benzene rings is 2. The van der Waals surface area contributed by atoms with E-state index in [-0.39, 0.29) is 5.57 Å². The van der Waals surface area contributed by atoms with Crippen molar-refractivity contribution < 1.29 is 24.3 Å². The largest absolute Gasteiger partial charge is 0.872 e. The molecular formula is C25H28N2O4. The topological polar surface area (TPSA) is 74.1 Å². The number of aryl methyl sites for hydroxylation is 1. The number of amides is 1. The first-order chi connectivity index (χ1) is 14.8. The molecule has 0 aliphatic carbocycles. The Hall–Kier alpha value is -3.38. The number of carbonyl (C=O) groups is 2. The Morgan fingerprint density at radius 2 is 1.77 bits per heavy atom. The highest BCUT2D eigenvalue weighted by molar-refractivity contribution is 6.46. The van der Waals surface area contributed by atoms with Gasteiger partial charge in [-0.1, -0.05) is 60.4 Å². The molecule has 6 heteroatoms. The molecule has 1 fully saturated rings. The molecule has 1 saturated heterocycles. The van der Waals surface area contributed by atoms with Crippen LogP contribution < -0.4 is 14.7 Å². The Kier molecular flexibility index (Phi) is 6.92. The first-order valence-electron chi connectivity index (χ1n) is 10.3. The van der Waals surface area contributed by atoms with Crippen LogP contribution in [-0.4, -0.2) is 50.4 Å². The van der Waals surface area contributed by atoms with E-state index < -0.39 is 23.5 Å². The van der Waals surface area contributed by atoms with Gasteiger partial charge in [0.15, 0.2) is 0 Å². The molecule has 1 heterocycles. The number of likely N-dealkylation sites (N-methyl/N-ethyl adjacent to an activating group) is 1. The number of carbonyl (C=O) groups excluding carboxylic acids is 2. The fourth-order valence-corrected chi connectivity index (χ4v) is 3.55. The highest BCUT2D eigenvalue weighted by atomic mass is 16.5. The van der Waals surface area contributed by atoms with Gasteiger partial charge in [0.05, 0.1) is 33.2 Å². The minimum atomic E-state index is -0.726. The molecule has 1 amide bonds. The number of hydrogen-bond acceptors (Lipinski definition) is 4. The summed E-state index contributed by atoms with van der Waals surface area (Å²) in [5, 5.41) is 13.4. The predicted molar refractivity (Wildman–Crippen MR) is 117 cm³/mol. The Balaban J connectivity index is 2.05. The van der Waals surface area contributed by atoms with Gasteiger partial charge in [-0.25, -0.2) is 0 Å². The van der Waals surface area contributed by atoms with Crippen LogP contribution in [0.15, 0.2) is 66.8 Å². The summed E-state index contributed by atoms with van der Waals surface area (Å²) in [6.07, 6.45) is 1.63. The van der Waals surface area contributed by atoms with Crippen molar-refractivity contribution in [1.82, 2.24) is 4.90 Å². The van der Waals surface area contributed by atoms with Gasteiger partial charge in [0, 0.05) is 5.57 Å². The lowest BCUT2D eigenvalue weighted by Gasteiger charge is -2.27. The van der Waals surface area contributed by atoms with Gasteiger partial charge in [-0.05, 0) is 30.2 Å². The monoisotopic (exact) mass is 420 g/mol. The number of ketones is 1. The maximum absolute atomic E-state index is 13.4. The third kappa shape index (κ3) is 4.86. The third-order valence-corrected chi connectivity index (χ3v) is 5.26. The van der Waals surface area contributed by atoms with Gasteiger partial charge in [-0.15, -0.1) is 0 Å². The van der Waals surface area contributed by atoms with Crippen LogP contribution in [0.1, 0.15) is 22.7 Å². The zero-order chi connectivity index (χ0) is 22.5. The van der Waals surface area contributed by atoms with E-state index in [9.17, 15) is 14.7 Å². The number of hydrogen-bond donors (Lipinski definition) is 1. The van der Waals surface area contributed by atoms with E-state index in [0.717, 1.165) is 16.0 Å². The van der Waals surface area contributed by atoms with Crippen molar-refractivity contribution in [2.75, 3.05) is 33.8 Å². The van der Waals surface area contributed by atoms with Gasteiger partial charge < -0.3 is 19.6 Å². The van der Waals surface area contributed by atoms with Crippen LogP contribution in [0.4, 0.5) is 0 Å². The van der Waals surface area contributed by atoms with E-state index in [1.54, 1.807) is 30.3 Å². The first kappa shape index (κ1) is 22.3. The molecule has 0 bridgehead atoms. The van der Waals surface area contributed by atoms with Crippen molar-refractivity contribution in [3.8, 4) is 5.75 Å². The van der Waals surface area contributed by atoms with Crippen LogP contribution in [0.5, 0.6) is 5.75 Å². The molecule has 6 nitrogen and oxygen atoms in total. The van der Waals surface area contributed by atoms with Gasteiger partial charge in [0.1, 0.15) is 12.4 Å². The molecule has 1 aliphatic rings. The summed E-state index contributed by atoms with van der Waals surface area (Å²) in [5.41, 5.74) is 2.17. The summed E-state index contributed by atoms with van der Waals surface area (Å²) in [4.78, 5) is 28.5. The smallest absolute Gasteiger partial charge is 0.295 e. The zero-order valence-electron chi connectivity index (χ0n) is 18.2. The van der Waals surface area contributed by atoms with Gasteiger partial charge in [-0.3, -0.25) is 9.59 Å². The average Bonchev–Trinajstić information content (AvgIpc) is 3.01. The second kappa shape index (κ2) is 9.62. The van der Waals surface area contributed by atoms with E-state index in [1.165, 1.54) is 4.90 Å². The second-order valence-electron chi connectivity index (χ2n) is 7.96. The van der Waals surface area contributed by atoms with Gasteiger partial charge in [0.25, 0.3) is 5.91 Å². The summed E-state index contributed by atoms with van der Waals surface area (Å²) in [7, 11) is 3.96. The number of Topliss-reactive ketones (excluding diaryl/α,β-unsaturated/α-hetero) is 1. The molecule has 0 spiro atoms. The summed E-state index contributed by atoms with van der Waals surface area (Å²) < 4.78 is 5.46. The molecule has 1 N–H and O–H groups in total. The van der Waals surface area contributed by atoms with E-state index in [0.29, 0.717) is 31.0 Å². The fourth-order valence-electron chi connectivity index (χ4n) is 3.55. The van der Waals surface area contributed by atoms with Gasteiger partial charge >= 0.3 is 0 Å². The standard InChI is InChI=1S/C25H28N2O4/c1-5-16-31-20-12-10-19(11-13-20)23(28)21-22(18-8-6-17(2)7-9-18)27(15-14-26(3)4)25(30)24(21)29/h5-13,22,28H,1,14-16H2,2-4H3/b23-21+. The molecule has 1 unspecified atom stereocenters. The number of ether oxygens (including phenoxy) is 1. The molecule has 0 radical (unpaired) electrons. The Morgan fingerprint density at radius 1 is 1.13 bits per heavy atom. The molecule has 1 aliphatic heterocycles. The van der Waals surface area contributed by atoms with E-state index in [4.69, 9.17) is 4.74 Å². The van der Waals surface area contributed by atoms with Crippen molar-refractivity contribution in [2.24, 2.45) is 0 Å². The number of rotatable bonds is 8. The quantitative estimate of drug-likeness (QED) is 0.298. The summed E-state index contributed by atoms with van der Waals surface area (Å²) in [5.74, 6) is -1.18. The van der Waals surface area contributed by atoms with Crippen LogP contribution in [0.3, 0.4) is 0 Å². The normalized spacial score (nSPS) is 17.9. The van der Waals surface area contributed by atoms with Gasteiger partial charge in [0.2, 0.25) is 5.78 Å². The van der Waals surface area contributed by atoms with Crippen molar-refractivity contribution in [3.05, 3.63) is 83.4 Å². The summed E-state index contributed by atoms with van der Waals surface area (Å²) >= 11 is 0. The van der Waals surface area contributed by atoms with Crippen molar-refractivity contribution in [2.45, 2.75) is 13.0 Å². The molecule has 0 saturated carbocycles. The molecule has 3 rings (SSSR count). The lowest BCUT2D eigenvalue weighted by Crippen LogP contribution is -3.06. The van der Waals surface area contributed by atoms with E-state index in [2.05, 4.69) is 6.58 Å². The number of nitrogens with one attached hydrogen (secondary N) is 1. The van der Waals surface area contributed by atoms with Crippen molar-refractivity contribution in [3.63, 3.8) is 0 Å². The first-order valence-corrected chi connectivity index (χ1v) is 10.3. The van der Waals surface area contributed by atoms with Crippen LogP contribution in [0.25, 0.3) is 5.76 Å². The average molecular weight is 421 g/mol. The summed E-state index contributed by atoms with van der Waals surface area (Å²) in [6, 6.07) is 13.5. The maximum Gasteiger partial charge on any atom is 0.295 e. The SMILES string of the molecule is C=CCOc1ccc(/C([O-])=C2\C(=O)C(=O)N(CC[NH+](C)C)C2c2ccc(C)cc2)cc1.